The first kappa shape index (κ1) is 13.6. The lowest BCUT2D eigenvalue weighted by atomic mass is 10.0. The van der Waals surface area contributed by atoms with Gasteiger partial charge in [-0.2, -0.15) is 13.2 Å². The number of rotatable bonds is 4. The van der Waals surface area contributed by atoms with Crippen molar-refractivity contribution in [1.82, 2.24) is 0 Å². The number of benzene rings is 2. The molecule has 0 saturated carbocycles. The predicted octanol–water partition coefficient (Wildman–Crippen LogP) is 4.43. The van der Waals surface area contributed by atoms with Gasteiger partial charge < -0.3 is 4.74 Å². The molecule has 1 nitrogen and oxygen atoms in total. The van der Waals surface area contributed by atoms with Gasteiger partial charge in [0.05, 0.1) is 6.61 Å². The maximum absolute atomic E-state index is 12.0. The van der Waals surface area contributed by atoms with Crippen LogP contribution in [0, 0.1) is 0 Å². The lowest BCUT2D eigenvalue weighted by Crippen LogP contribution is -2.16. The van der Waals surface area contributed by atoms with E-state index in [9.17, 15) is 13.2 Å². The number of alkyl halides is 3. The highest BCUT2D eigenvalue weighted by molar-refractivity contribution is 5.63. The van der Waals surface area contributed by atoms with Crippen LogP contribution in [-0.4, -0.2) is 12.8 Å². The molecule has 2 rings (SSSR count). The Morgan fingerprint density at radius 3 is 2.21 bits per heavy atom. The first-order valence-corrected chi connectivity index (χ1v) is 5.83. The van der Waals surface area contributed by atoms with Gasteiger partial charge in [-0.3, -0.25) is 0 Å². The van der Waals surface area contributed by atoms with Gasteiger partial charge in [0.2, 0.25) is 0 Å². The summed E-state index contributed by atoms with van der Waals surface area (Å²) >= 11 is 0. The molecular weight excluding hydrogens is 253 g/mol. The van der Waals surface area contributed by atoms with Crippen molar-refractivity contribution in [2.45, 2.75) is 12.8 Å². The number of hydrogen-bond acceptors (Lipinski definition) is 1. The van der Waals surface area contributed by atoms with E-state index in [0.717, 1.165) is 16.7 Å². The molecule has 0 aromatic heterocycles. The fourth-order valence-electron chi connectivity index (χ4n) is 1.76. The zero-order chi connectivity index (χ0) is 13.7. The van der Waals surface area contributed by atoms with Gasteiger partial charge in [-0.15, -0.1) is 0 Å². The number of halogens is 3. The Balaban J connectivity index is 2.04. The van der Waals surface area contributed by atoms with E-state index in [-0.39, 0.29) is 6.61 Å². The molecule has 0 unspecified atom stereocenters. The predicted molar refractivity (Wildman–Crippen MR) is 67.6 cm³/mol. The van der Waals surface area contributed by atoms with E-state index in [1.807, 2.05) is 48.5 Å². The van der Waals surface area contributed by atoms with Gasteiger partial charge >= 0.3 is 6.18 Å². The SMILES string of the molecule is FC(F)(F)COCc1cccc(-c2ccccc2)c1. The molecule has 0 radical (unpaired) electrons. The van der Waals surface area contributed by atoms with Gasteiger partial charge in [-0.1, -0.05) is 48.5 Å². The quantitative estimate of drug-likeness (QED) is 0.795. The molecule has 100 valence electrons. The highest BCUT2D eigenvalue weighted by atomic mass is 19.4. The van der Waals surface area contributed by atoms with E-state index in [0.29, 0.717) is 0 Å². The Bertz CT molecular complexity index is 520. The second kappa shape index (κ2) is 5.89. The lowest BCUT2D eigenvalue weighted by molar-refractivity contribution is -0.176. The van der Waals surface area contributed by atoms with Gasteiger partial charge in [0, 0.05) is 0 Å². The molecule has 19 heavy (non-hydrogen) atoms. The van der Waals surface area contributed by atoms with E-state index in [1.165, 1.54) is 0 Å². The van der Waals surface area contributed by atoms with Crippen LogP contribution in [0.2, 0.25) is 0 Å². The van der Waals surface area contributed by atoms with Crippen molar-refractivity contribution >= 4 is 0 Å². The van der Waals surface area contributed by atoms with Crippen molar-refractivity contribution in [1.29, 1.82) is 0 Å². The molecule has 2 aromatic carbocycles. The molecule has 0 bridgehead atoms. The van der Waals surface area contributed by atoms with Crippen LogP contribution in [0.3, 0.4) is 0 Å². The lowest BCUT2D eigenvalue weighted by Gasteiger charge is -2.09. The molecule has 0 N–H and O–H groups in total. The topological polar surface area (TPSA) is 9.23 Å². The minimum absolute atomic E-state index is 0.0415. The maximum atomic E-state index is 12.0. The molecule has 0 aliphatic rings. The maximum Gasteiger partial charge on any atom is 0.411 e. The summed E-state index contributed by atoms with van der Waals surface area (Å²) in [5.74, 6) is 0. The normalized spacial score (nSPS) is 11.5. The smallest absolute Gasteiger partial charge is 0.367 e. The van der Waals surface area contributed by atoms with Crippen LogP contribution in [0.1, 0.15) is 5.56 Å². The molecule has 0 amide bonds. The zero-order valence-corrected chi connectivity index (χ0v) is 10.2. The van der Waals surface area contributed by atoms with Crippen LogP contribution in [0.5, 0.6) is 0 Å². The van der Waals surface area contributed by atoms with Crippen molar-refractivity contribution in [2.24, 2.45) is 0 Å². The van der Waals surface area contributed by atoms with Crippen LogP contribution in [0.25, 0.3) is 11.1 Å². The van der Waals surface area contributed by atoms with Gasteiger partial charge in [-0.25, -0.2) is 0 Å². The summed E-state index contributed by atoms with van der Waals surface area (Å²) in [6.45, 7) is -1.26. The molecule has 0 aliphatic heterocycles. The van der Waals surface area contributed by atoms with Crippen LogP contribution in [0.4, 0.5) is 13.2 Å². The average Bonchev–Trinajstić information content (AvgIpc) is 2.39. The molecule has 0 heterocycles. The zero-order valence-electron chi connectivity index (χ0n) is 10.2. The van der Waals surface area contributed by atoms with E-state index in [1.54, 1.807) is 6.07 Å². The largest absolute Gasteiger partial charge is 0.411 e. The van der Waals surface area contributed by atoms with E-state index in [2.05, 4.69) is 4.74 Å². The summed E-state index contributed by atoms with van der Waals surface area (Å²) in [5, 5.41) is 0. The third kappa shape index (κ3) is 4.41. The summed E-state index contributed by atoms with van der Waals surface area (Å²) in [6, 6.07) is 17.0. The van der Waals surface area contributed by atoms with Crippen LogP contribution in [0.15, 0.2) is 54.6 Å². The van der Waals surface area contributed by atoms with Crippen LogP contribution < -0.4 is 0 Å². The number of hydrogen-bond donors (Lipinski definition) is 0. The molecule has 4 heteroatoms. The average molecular weight is 266 g/mol. The fraction of sp³-hybridized carbons (Fsp3) is 0.200. The van der Waals surface area contributed by atoms with Crippen molar-refractivity contribution in [3.8, 4) is 11.1 Å². The minimum atomic E-state index is -4.28. The van der Waals surface area contributed by atoms with E-state index < -0.39 is 12.8 Å². The first-order valence-electron chi connectivity index (χ1n) is 5.83. The van der Waals surface area contributed by atoms with Crippen LogP contribution in [-0.2, 0) is 11.3 Å². The Labute approximate surface area is 109 Å². The summed E-state index contributed by atoms with van der Waals surface area (Å²) in [4.78, 5) is 0. The van der Waals surface area contributed by atoms with Crippen molar-refractivity contribution in [3.63, 3.8) is 0 Å². The monoisotopic (exact) mass is 266 g/mol. The van der Waals surface area contributed by atoms with Gasteiger partial charge in [0.15, 0.2) is 0 Å². The molecule has 0 saturated heterocycles. The third-order valence-corrected chi connectivity index (χ3v) is 2.57. The molecule has 0 spiro atoms. The van der Waals surface area contributed by atoms with Gasteiger partial charge in [0.1, 0.15) is 6.61 Å². The summed E-state index contributed by atoms with van der Waals surface area (Å²) < 4.78 is 40.6. The summed E-state index contributed by atoms with van der Waals surface area (Å²) in [6.07, 6.45) is -4.28. The Kier molecular flexibility index (Phi) is 4.22. The Morgan fingerprint density at radius 1 is 0.842 bits per heavy atom. The Morgan fingerprint density at radius 2 is 1.53 bits per heavy atom. The van der Waals surface area contributed by atoms with E-state index >= 15 is 0 Å². The fourth-order valence-corrected chi connectivity index (χ4v) is 1.76. The van der Waals surface area contributed by atoms with Crippen molar-refractivity contribution in [3.05, 3.63) is 60.2 Å². The summed E-state index contributed by atoms with van der Waals surface area (Å²) in [5.41, 5.74) is 2.72. The third-order valence-electron chi connectivity index (χ3n) is 2.57. The first-order chi connectivity index (χ1) is 9.04. The standard InChI is InChI=1S/C15H13F3O/c16-15(17,18)11-19-10-12-5-4-8-14(9-12)13-6-2-1-3-7-13/h1-9H,10-11H2. The highest BCUT2D eigenvalue weighted by Gasteiger charge is 2.27. The van der Waals surface area contributed by atoms with E-state index in [4.69, 9.17) is 0 Å². The van der Waals surface area contributed by atoms with Gasteiger partial charge in [0.25, 0.3) is 0 Å². The molecule has 0 atom stereocenters. The van der Waals surface area contributed by atoms with Crippen molar-refractivity contribution in [2.75, 3.05) is 6.61 Å². The second-order valence-corrected chi connectivity index (χ2v) is 4.17. The second-order valence-electron chi connectivity index (χ2n) is 4.17. The molecule has 2 aromatic rings. The minimum Gasteiger partial charge on any atom is -0.367 e. The number of ether oxygens (including phenoxy) is 1. The Hall–Kier alpha value is -1.81. The molecular formula is C15H13F3O. The summed E-state index contributed by atoms with van der Waals surface area (Å²) in [7, 11) is 0. The molecule has 0 fully saturated rings. The van der Waals surface area contributed by atoms with Crippen molar-refractivity contribution < 1.29 is 17.9 Å². The van der Waals surface area contributed by atoms with Gasteiger partial charge in [-0.05, 0) is 22.8 Å². The highest BCUT2D eigenvalue weighted by Crippen LogP contribution is 2.21. The molecule has 0 aliphatic carbocycles. The van der Waals surface area contributed by atoms with Crippen LogP contribution >= 0.6 is 0 Å².